The van der Waals surface area contributed by atoms with Crippen molar-refractivity contribution in [3.63, 3.8) is 0 Å². The quantitative estimate of drug-likeness (QED) is 0.810. The fourth-order valence-corrected chi connectivity index (χ4v) is 2.01. The second-order valence-electron chi connectivity index (χ2n) is 4.33. The number of thiocarbonyl (C=S) groups is 1. The first-order valence-electron chi connectivity index (χ1n) is 5.86. The molecule has 18 heavy (non-hydrogen) atoms. The summed E-state index contributed by atoms with van der Waals surface area (Å²) in [5.41, 5.74) is 7.62. The summed E-state index contributed by atoms with van der Waals surface area (Å²) in [6.07, 6.45) is 0. The Labute approximate surface area is 113 Å². The van der Waals surface area contributed by atoms with Gasteiger partial charge >= 0.3 is 0 Å². The van der Waals surface area contributed by atoms with Crippen molar-refractivity contribution in [3.05, 3.63) is 53.3 Å². The molecular formula is C14H17N3S. The van der Waals surface area contributed by atoms with Gasteiger partial charge in [0.05, 0.1) is 0 Å². The van der Waals surface area contributed by atoms with E-state index in [0.717, 1.165) is 17.1 Å². The van der Waals surface area contributed by atoms with Crippen molar-refractivity contribution in [3.8, 4) is 0 Å². The van der Waals surface area contributed by atoms with E-state index in [2.05, 4.69) is 35.9 Å². The highest BCUT2D eigenvalue weighted by Gasteiger charge is 2.04. The fourth-order valence-electron chi connectivity index (χ4n) is 1.81. The molecule has 0 fully saturated rings. The molecule has 94 valence electrons. The number of para-hydroxylation sites is 1. The monoisotopic (exact) mass is 259 g/mol. The minimum atomic E-state index is 0.590. The molecule has 0 saturated carbocycles. The number of aryl methyl sites for hydroxylation is 3. The first kappa shape index (κ1) is 12.6. The van der Waals surface area contributed by atoms with Crippen molar-refractivity contribution in [2.24, 2.45) is 0 Å². The average Bonchev–Trinajstić information content (AvgIpc) is 2.64. The van der Waals surface area contributed by atoms with Gasteiger partial charge in [0.15, 0.2) is 5.11 Å². The van der Waals surface area contributed by atoms with Gasteiger partial charge in [-0.05, 0) is 56.8 Å². The van der Waals surface area contributed by atoms with E-state index in [-0.39, 0.29) is 0 Å². The summed E-state index contributed by atoms with van der Waals surface area (Å²) >= 11 is 5.32. The van der Waals surface area contributed by atoms with Crippen LogP contribution in [-0.4, -0.2) is 9.79 Å². The molecule has 1 heterocycles. The standard InChI is InChI=1S/C14H17N3S/c1-10-6-4-5-7-13(10)15-14(18)16-17-11(2)8-9-12(17)3/h4-9H,1-3H3,(H2,15,16,18). The number of hydrogen-bond donors (Lipinski definition) is 2. The number of rotatable bonds is 2. The Morgan fingerprint density at radius 1 is 1.00 bits per heavy atom. The van der Waals surface area contributed by atoms with Crippen LogP contribution < -0.4 is 10.7 Å². The van der Waals surface area contributed by atoms with Gasteiger partial charge < -0.3 is 5.32 Å². The van der Waals surface area contributed by atoms with Crippen LogP contribution >= 0.6 is 12.2 Å². The normalized spacial score (nSPS) is 10.2. The average molecular weight is 259 g/mol. The van der Waals surface area contributed by atoms with E-state index in [1.165, 1.54) is 5.56 Å². The summed E-state index contributed by atoms with van der Waals surface area (Å²) in [6.45, 7) is 6.13. The molecule has 0 amide bonds. The predicted molar refractivity (Wildman–Crippen MR) is 80.7 cm³/mol. The molecule has 1 aromatic carbocycles. The molecule has 4 heteroatoms. The topological polar surface area (TPSA) is 29.0 Å². The Bertz CT molecular complexity index is 553. The number of nitrogens with one attached hydrogen (secondary N) is 2. The number of nitrogens with zero attached hydrogens (tertiary/aromatic N) is 1. The second kappa shape index (κ2) is 5.23. The Balaban J connectivity index is 2.08. The lowest BCUT2D eigenvalue weighted by molar-refractivity contribution is 0.898. The van der Waals surface area contributed by atoms with Crippen molar-refractivity contribution >= 4 is 23.0 Å². The predicted octanol–water partition coefficient (Wildman–Crippen LogP) is 3.35. The van der Waals surface area contributed by atoms with Crippen LogP contribution in [0.3, 0.4) is 0 Å². The minimum absolute atomic E-state index is 0.590. The van der Waals surface area contributed by atoms with Crippen LogP contribution in [0.5, 0.6) is 0 Å². The highest BCUT2D eigenvalue weighted by atomic mass is 32.1. The van der Waals surface area contributed by atoms with Crippen LogP contribution in [0.2, 0.25) is 0 Å². The Morgan fingerprint density at radius 3 is 2.22 bits per heavy atom. The lowest BCUT2D eigenvalue weighted by Crippen LogP contribution is -2.29. The molecule has 2 N–H and O–H groups in total. The fraction of sp³-hybridized carbons (Fsp3) is 0.214. The van der Waals surface area contributed by atoms with Gasteiger partial charge in [-0.2, -0.15) is 0 Å². The van der Waals surface area contributed by atoms with Crippen LogP contribution in [0, 0.1) is 20.8 Å². The van der Waals surface area contributed by atoms with Gasteiger partial charge in [0.25, 0.3) is 0 Å². The summed E-state index contributed by atoms with van der Waals surface area (Å²) in [5, 5.41) is 3.79. The van der Waals surface area contributed by atoms with E-state index in [4.69, 9.17) is 12.2 Å². The third kappa shape index (κ3) is 2.71. The van der Waals surface area contributed by atoms with E-state index >= 15 is 0 Å². The van der Waals surface area contributed by atoms with Gasteiger partial charge in [-0.1, -0.05) is 18.2 Å². The first-order chi connectivity index (χ1) is 8.58. The van der Waals surface area contributed by atoms with Crippen LogP contribution in [0.1, 0.15) is 17.0 Å². The molecular weight excluding hydrogens is 242 g/mol. The molecule has 0 aliphatic carbocycles. The van der Waals surface area contributed by atoms with E-state index in [0.29, 0.717) is 5.11 Å². The third-order valence-electron chi connectivity index (χ3n) is 2.88. The summed E-state index contributed by atoms with van der Waals surface area (Å²) < 4.78 is 1.97. The highest BCUT2D eigenvalue weighted by molar-refractivity contribution is 7.80. The number of aromatic nitrogens is 1. The molecule has 0 aliphatic heterocycles. The van der Waals surface area contributed by atoms with Crippen LogP contribution in [-0.2, 0) is 0 Å². The zero-order valence-electron chi connectivity index (χ0n) is 10.8. The molecule has 2 rings (SSSR count). The molecule has 0 aliphatic rings. The smallest absolute Gasteiger partial charge is 0.190 e. The van der Waals surface area contributed by atoms with Gasteiger partial charge in [0, 0.05) is 17.1 Å². The Kier molecular flexibility index (Phi) is 3.67. The van der Waals surface area contributed by atoms with Crippen molar-refractivity contribution in [1.82, 2.24) is 4.68 Å². The lowest BCUT2D eigenvalue weighted by Gasteiger charge is -2.15. The molecule has 1 aromatic heterocycles. The minimum Gasteiger partial charge on any atom is -0.331 e. The zero-order valence-corrected chi connectivity index (χ0v) is 11.6. The van der Waals surface area contributed by atoms with Crippen LogP contribution in [0.4, 0.5) is 5.69 Å². The number of hydrogen-bond acceptors (Lipinski definition) is 1. The Hall–Kier alpha value is -1.81. The number of anilines is 1. The van der Waals surface area contributed by atoms with Gasteiger partial charge in [0.1, 0.15) is 0 Å². The van der Waals surface area contributed by atoms with Gasteiger partial charge in [-0.25, -0.2) is 0 Å². The molecule has 0 spiro atoms. The SMILES string of the molecule is Cc1ccccc1NC(=S)Nn1c(C)ccc1C. The maximum atomic E-state index is 5.32. The summed E-state index contributed by atoms with van der Waals surface area (Å²) in [7, 11) is 0. The maximum Gasteiger partial charge on any atom is 0.190 e. The van der Waals surface area contributed by atoms with E-state index in [9.17, 15) is 0 Å². The zero-order chi connectivity index (χ0) is 13.1. The highest BCUT2D eigenvalue weighted by Crippen LogP contribution is 2.13. The third-order valence-corrected chi connectivity index (χ3v) is 3.07. The van der Waals surface area contributed by atoms with E-state index in [1.54, 1.807) is 0 Å². The van der Waals surface area contributed by atoms with Crippen LogP contribution in [0.25, 0.3) is 0 Å². The molecule has 0 saturated heterocycles. The first-order valence-corrected chi connectivity index (χ1v) is 6.27. The lowest BCUT2D eigenvalue weighted by atomic mass is 10.2. The molecule has 0 atom stereocenters. The summed E-state index contributed by atoms with van der Waals surface area (Å²) in [4.78, 5) is 0. The van der Waals surface area contributed by atoms with Crippen molar-refractivity contribution in [1.29, 1.82) is 0 Å². The van der Waals surface area contributed by atoms with Crippen LogP contribution in [0.15, 0.2) is 36.4 Å². The largest absolute Gasteiger partial charge is 0.331 e. The van der Waals surface area contributed by atoms with Gasteiger partial charge in [0.2, 0.25) is 0 Å². The molecule has 0 unspecified atom stereocenters. The van der Waals surface area contributed by atoms with Crippen molar-refractivity contribution in [2.75, 3.05) is 10.7 Å². The molecule has 0 radical (unpaired) electrons. The van der Waals surface area contributed by atoms with Crippen molar-refractivity contribution in [2.45, 2.75) is 20.8 Å². The number of benzene rings is 1. The second-order valence-corrected chi connectivity index (χ2v) is 4.74. The summed E-state index contributed by atoms with van der Waals surface area (Å²) in [6, 6.07) is 12.2. The maximum absolute atomic E-state index is 5.32. The molecule has 0 bridgehead atoms. The molecule has 3 nitrogen and oxygen atoms in total. The van der Waals surface area contributed by atoms with Gasteiger partial charge in [-0.3, -0.25) is 10.1 Å². The van der Waals surface area contributed by atoms with E-state index < -0.39 is 0 Å². The molecule has 2 aromatic rings. The van der Waals surface area contributed by atoms with Gasteiger partial charge in [-0.15, -0.1) is 0 Å². The Morgan fingerprint density at radius 2 is 1.61 bits per heavy atom. The van der Waals surface area contributed by atoms with E-state index in [1.807, 2.05) is 36.7 Å². The van der Waals surface area contributed by atoms with Crippen molar-refractivity contribution < 1.29 is 0 Å². The summed E-state index contributed by atoms with van der Waals surface area (Å²) in [5.74, 6) is 0.